The Morgan fingerprint density at radius 3 is 2.56 bits per heavy atom. The number of aromatic nitrogens is 4. The Kier molecular flexibility index (Phi) is 4.38. The van der Waals surface area contributed by atoms with Crippen LogP contribution in [0.15, 0.2) is 40.1 Å². The first kappa shape index (κ1) is 18.4. The minimum atomic E-state index is -4.87. The molecule has 0 saturated heterocycles. The number of nitrogens with zero attached hydrogens (tertiary/aromatic N) is 4. The van der Waals surface area contributed by atoms with Crippen LogP contribution in [-0.4, -0.2) is 31.7 Å². The first-order chi connectivity index (χ1) is 12.6. The molecule has 0 saturated carbocycles. The van der Waals surface area contributed by atoms with Gasteiger partial charge in [-0.3, -0.25) is 9.36 Å². The van der Waals surface area contributed by atoms with Crippen LogP contribution < -0.4 is 11.2 Å². The predicted molar refractivity (Wildman–Crippen MR) is 87.4 cm³/mol. The van der Waals surface area contributed by atoms with E-state index in [-0.39, 0.29) is 17.7 Å². The quantitative estimate of drug-likeness (QED) is 0.639. The average molecular weight is 382 g/mol. The third-order valence-electron chi connectivity index (χ3n) is 3.84. The topological polar surface area (TPSA) is 88.1 Å². The average Bonchev–Trinajstić information content (AvgIpc) is 3.00. The molecule has 1 aromatic carbocycles. The van der Waals surface area contributed by atoms with Gasteiger partial charge in [0.25, 0.3) is 5.56 Å². The number of esters is 1. The summed E-state index contributed by atoms with van der Waals surface area (Å²) < 4.78 is 44.6. The smallest absolute Gasteiger partial charge is 0.431 e. The summed E-state index contributed by atoms with van der Waals surface area (Å²) >= 11 is 0. The van der Waals surface area contributed by atoms with E-state index < -0.39 is 29.1 Å². The number of benzene rings is 1. The van der Waals surface area contributed by atoms with E-state index in [0.717, 1.165) is 11.8 Å². The van der Waals surface area contributed by atoms with Crippen LogP contribution >= 0.6 is 0 Å². The van der Waals surface area contributed by atoms with Gasteiger partial charge >= 0.3 is 17.8 Å². The van der Waals surface area contributed by atoms with E-state index in [1.807, 2.05) is 0 Å². The highest BCUT2D eigenvalue weighted by atomic mass is 19.4. The van der Waals surface area contributed by atoms with Crippen molar-refractivity contribution in [2.24, 2.45) is 7.05 Å². The van der Waals surface area contributed by atoms with Gasteiger partial charge in [0.05, 0.1) is 23.9 Å². The van der Waals surface area contributed by atoms with E-state index in [4.69, 9.17) is 4.74 Å². The Balaban J connectivity index is 2.26. The summed E-state index contributed by atoms with van der Waals surface area (Å²) in [4.78, 5) is 37.4. The van der Waals surface area contributed by atoms with Gasteiger partial charge in [0.15, 0.2) is 0 Å². The Hall–Kier alpha value is -3.37. The summed E-state index contributed by atoms with van der Waals surface area (Å²) in [6.45, 7) is 1.78. The number of carbonyl (C=O) groups excluding carboxylic acids is 1. The van der Waals surface area contributed by atoms with Gasteiger partial charge in [-0.25, -0.2) is 9.59 Å². The largest absolute Gasteiger partial charge is 0.462 e. The third-order valence-corrected chi connectivity index (χ3v) is 3.84. The molecule has 0 amide bonds. The van der Waals surface area contributed by atoms with Gasteiger partial charge in [-0.05, 0) is 19.1 Å². The second kappa shape index (κ2) is 6.41. The van der Waals surface area contributed by atoms with Crippen LogP contribution in [-0.2, 0) is 18.0 Å². The lowest BCUT2D eigenvalue weighted by molar-refractivity contribution is -0.144. The molecule has 0 unspecified atom stereocenters. The molecular weight excluding hydrogens is 369 g/mol. The van der Waals surface area contributed by atoms with E-state index >= 15 is 0 Å². The van der Waals surface area contributed by atoms with Crippen molar-refractivity contribution in [3.63, 3.8) is 0 Å². The van der Waals surface area contributed by atoms with E-state index in [0.29, 0.717) is 20.7 Å². The van der Waals surface area contributed by atoms with Gasteiger partial charge in [-0.15, -0.1) is 4.68 Å². The van der Waals surface area contributed by atoms with Crippen LogP contribution in [0, 0.1) is 0 Å². The summed E-state index contributed by atoms with van der Waals surface area (Å²) in [6, 6.07) is 4.64. The molecule has 0 aliphatic carbocycles. The number of halogens is 3. The fourth-order valence-corrected chi connectivity index (χ4v) is 2.57. The SMILES string of the molecule is CCOC(=O)c1ccc2cnn(-n3c(=O)cc(C(F)(F)F)n(C)c3=O)c2c1. The van der Waals surface area contributed by atoms with Crippen molar-refractivity contribution in [3.05, 3.63) is 62.6 Å². The second-order valence-corrected chi connectivity index (χ2v) is 5.55. The highest BCUT2D eigenvalue weighted by molar-refractivity contribution is 5.94. The van der Waals surface area contributed by atoms with Crippen LogP contribution in [0.2, 0.25) is 0 Å². The summed E-state index contributed by atoms with van der Waals surface area (Å²) in [7, 11) is 0.900. The fourth-order valence-electron chi connectivity index (χ4n) is 2.57. The minimum Gasteiger partial charge on any atom is -0.462 e. The molecule has 2 heterocycles. The van der Waals surface area contributed by atoms with Crippen molar-refractivity contribution in [3.8, 4) is 0 Å². The number of rotatable bonds is 3. The Bertz CT molecular complexity index is 1160. The maximum atomic E-state index is 13.0. The fraction of sp³-hybridized carbons (Fsp3) is 0.250. The Morgan fingerprint density at radius 2 is 1.93 bits per heavy atom. The lowest BCUT2D eigenvalue weighted by atomic mass is 10.2. The van der Waals surface area contributed by atoms with Gasteiger partial charge in [-0.1, -0.05) is 6.07 Å². The standard InChI is InChI=1S/C16H13F3N4O4/c1-3-27-14(25)9-4-5-10-8-20-23(11(10)6-9)22-13(24)7-12(16(17,18)19)21(2)15(22)26/h4-8H,3H2,1-2H3. The van der Waals surface area contributed by atoms with E-state index in [9.17, 15) is 27.6 Å². The number of ether oxygens (including phenoxy) is 1. The van der Waals surface area contributed by atoms with Crippen molar-refractivity contribution in [1.29, 1.82) is 0 Å². The molecule has 142 valence electrons. The summed E-state index contributed by atoms with van der Waals surface area (Å²) in [5.41, 5.74) is -3.50. The van der Waals surface area contributed by atoms with Gasteiger partial charge in [0.1, 0.15) is 5.69 Å². The van der Waals surface area contributed by atoms with Gasteiger partial charge < -0.3 is 4.74 Å². The molecule has 0 bridgehead atoms. The second-order valence-electron chi connectivity index (χ2n) is 5.55. The lowest BCUT2D eigenvalue weighted by Gasteiger charge is -2.14. The molecule has 0 atom stereocenters. The molecule has 3 aromatic rings. The van der Waals surface area contributed by atoms with Crippen molar-refractivity contribution < 1.29 is 22.7 Å². The zero-order valence-electron chi connectivity index (χ0n) is 14.1. The molecule has 0 radical (unpaired) electrons. The maximum Gasteiger partial charge on any atom is 0.431 e. The molecule has 0 aliphatic rings. The van der Waals surface area contributed by atoms with Crippen molar-refractivity contribution >= 4 is 16.9 Å². The number of alkyl halides is 3. The van der Waals surface area contributed by atoms with Gasteiger partial charge in [0, 0.05) is 18.5 Å². The van der Waals surface area contributed by atoms with Crippen LogP contribution in [0.25, 0.3) is 10.9 Å². The molecule has 27 heavy (non-hydrogen) atoms. The number of hydrogen-bond acceptors (Lipinski definition) is 5. The Labute approximate surface area is 149 Å². The number of hydrogen-bond donors (Lipinski definition) is 0. The molecular formula is C16H13F3N4O4. The lowest BCUT2D eigenvalue weighted by Crippen LogP contribution is -2.45. The molecule has 8 nitrogen and oxygen atoms in total. The summed E-state index contributed by atoms with van der Waals surface area (Å²) in [6.07, 6.45) is -3.55. The summed E-state index contributed by atoms with van der Waals surface area (Å²) in [5, 5.41) is 4.37. The molecule has 0 spiro atoms. The van der Waals surface area contributed by atoms with Crippen LogP contribution in [0.4, 0.5) is 13.2 Å². The van der Waals surface area contributed by atoms with Crippen LogP contribution in [0.3, 0.4) is 0 Å². The number of carbonyl (C=O) groups is 1. The minimum absolute atomic E-state index is 0.142. The summed E-state index contributed by atoms with van der Waals surface area (Å²) in [5.74, 6) is -0.625. The van der Waals surface area contributed by atoms with Crippen molar-refractivity contribution in [2.75, 3.05) is 6.61 Å². The molecule has 2 aromatic heterocycles. The van der Waals surface area contributed by atoms with E-state index in [1.165, 1.54) is 24.4 Å². The third kappa shape index (κ3) is 3.11. The zero-order chi connectivity index (χ0) is 19.9. The highest BCUT2D eigenvalue weighted by Crippen LogP contribution is 2.26. The number of fused-ring (bicyclic) bond motifs is 1. The van der Waals surface area contributed by atoms with Crippen LogP contribution in [0.1, 0.15) is 23.0 Å². The zero-order valence-corrected chi connectivity index (χ0v) is 14.1. The molecule has 0 fully saturated rings. The van der Waals surface area contributed by atoms with Crippen molar-refractivity contribution in [2.45, 2.75) is 13.1 Å². The van der Waals surface area contributed by atoms with Crippen molar-refractivity contribution in [1.82, 2.24) is 19.1 Å². The van der Waals surface area contributed by atoms with Gasteiger partial charge in [-0.2, -0.15) is 23.1 Å². The molecule has 3 rings (SSSR count). The molecule has 0 aliphatic heterocycles. The van der Waals surface area contributed by atoms with Gasteiger partial charge in [0.2, 0.25) is 0 Å². The molecule has 0 N–H and O–H groups in total. The first-order valence-electron chi connectivity index (χ1n) is 7.71. The first-order valence-corrected chi connectivity index (χ1v) is 7.71. The Morgan fingerprint density at radius 1 is 1.22 bits per heavy atom. The van der Waals surface area contributed by atoms with E-state index in [2.05, 4.69) is 5.10 Å². The predicted octanol–water partition coefficient (Wildman–Crippen LogP) is 1.40. The van der Waals surface area contributed by atoms with Crippen LogP contribution in [0.5, 0.6) is 0 Å². The highest BCUT2D eigenvalue weighted by Gasteiger charge is 2.35. The normalized spacial score (nSPS) is 11.7. The monoisotopic (exact) mass is 382 g/mol. The van der Waals surface area contributed by atoms with E-state index in [1.54, 1.807) is 6.92 Å². The maximum absolute atomic E-state index is 13.0. The molecule has 11 heteroatoms.